The van der Waals surface area contributed by atoms with E-state index in [9.17, 15) is 9.59 Å². The first kappa shape index (κ1) is 17.8. The van der Waals surface area contributed by atoms with E-state index in [0.717, 1.165) is 42.6 Å². The molecule has 1 unspecified atom stereocenters. The molecule has 1 atom stereocenters. The molecule has 4 rings (SSSR count). The second-order valence-electron chi connectivity index (χ2n) is 7.14. The van der Waals surface area contributed by atoms with Crippen molar-refractivity contribution in [1.82, 2.24) is 10.2 Å². The van der Waals surface area contributed by atoms with Crippen molar-refractivity contribution in [1.29, 1.82) is 0 Å². The first-order valence-corrected chi connectivity index (χ1v) is 9.52. The van der Waals surface area contributed by atoms with Crippen LogP contribution in [0, 0.1) is 5.92 Å². The van der Waals surface area contributed by atoms with E-state index in [1.807, 2.05) is 42.5 Å². The molecule has 0 radical (unpaired) electrons. The van der Waals surface area contributed by atoms with Crippen molar-refractivity contribution >= 4 is 22.7 Å². The highest BCUT2D eigenvalue weighted by Crippen LogP contribution is 2.23. The van der Waals surface area contributed by atoms with Crippen molar-refractivity contribution in [2.24, 2.45) is 5.92 Å². The average Bonchev–Trinajstić information content (AvgIpc) is 2.96. The lowest BCUT2D eigenvalue weighted by atomic mass is 9.92. The van der Waals surface area contributed by atoms with Crippen LogP contribution in [0.2, 0.25) is 0 Å². The fourth-order valence-electron chi connectivity index (χ4n) is 3.78. The van der Waals surface area contributed by atoms with Gasteiger partial charge in [-0.05, 0) is 48.1 Å². The molecule has 0 aliphatic carbocycles. The average molecular weight is 368 g/mol. The Morgan fingerprint density at radius 3 is 2.67 bits per heavy atom. The molecule has 2 aromatic carbocycles. The SMILES string of the molecule is O=C1NC(CC2CCOCC2)C(=O)N1CCOc1ccc2ccccc2c1. The topological polar surface area (TPSA) is 67.9 Å². The molecule has 0 saturated carbocycles. The molecular weight excluding hydrogens is 344 g/mol. The van der Waals surface area contributed by atoms with Gasteiger partial charge >= 0.3 is 6.03 Å². The third kappa shape index (κ3) is 4.06. The van der Waals surface area contributed by atoms with E-state index >= 15 is 0 Å². The Labute approximate surface area is 158 Å². The van der Waals surface area contributed by atoms with Gasteiger partial charge in [-0.25, -0.2) is 4.79 Å². The van der Waals surface area contributed by atoms with Crippen LogP contribution in [0.3, 0.4) is 0 Å². The number of carbonyl (C=O) groups excluding carboxylic acids is 2. The zero-order valence-electron chi connectivity index (χ0n) is 15.2. The van der Waals surface area contributed by atoms with Gasteiger partial charge < -0.3 is 14.8 Å². The normalized spacial score (nSPS) is 20.9. The maximum atomic E-state index is 12.6. The summed E-state index contributed by atoms with van der Waals surface area (Å²) in [5.74, 6) is 1.02. The van der Waals surface area contributed by atoms with Gasteiger partial charge in [0.25, 0.3) is 5.91 Å². The Morgan fingerprint density at radius 1 is 1.07 bits per heavy atom. The second kappa shape index (κ2) is 7.96. The number of imide groups is 1. The van der Waals surface area contributed by atoms with Gasteiger partial charge in [-0.1, -0.05) is 30.3 Å². The highest BCUT2D eigenvalue weighted by atomic mass is 16.5. The maximum Gasteiger partial charge on any atom is 0.324 e. The van der Waals surface area contributed by atoms with Crippen LogP contribution in [-0.2, 0) is 9.53 Å². The van der Waals surface area contributed by atoms with Gasteiger partial charge in [0.05, 0.1) is 6.54 Å². The number of benzene rings is 2. The number of rotatable bonds is 6. The van der Waals surface area contributed by atoms with Crippen LogP contribution in [0.15, 0.2) is 42.5 Å². The monoisotopic (exact) mass is 368 g/mol. The number of carbonyl (C=O) groups is 2. The minimum Gasteiger partial charge on any atom is -0.492 e. The summed E-state index contributed by atoms with van der Waals surface area (Å²) in [6.07, 6.45) is 2.59. The summed E-state index contributed by atoms with van der Waals surface area (Å²) in [4.78, 5) is 26.0. The molecule has 27 heavy (non-hydrogen) atoms. The largest absolute Gasteiger partial charge is 0.492 e. The predicted octanol–water partition coefficient (Wildman–Crippen LogP) is 2.96. The molecule has 3 amide bonds. The zero-order valence-corrected chi connectivity index (χ0v) is 15.2. The van der Waals surface area contributed by atoms with Crippen LogP contribution in [0.25, 0.3) is 10.8 Å². The highest BCUT2D eigenvalue weighted by Gasteiger charge is 2.38. The van der Waals surface area contributed by atoms with Gasteiger partial charge in [0.2, 0.25) is 0 Å². The molecule has 0 aromatic heterocycles. The molecule has 0 bridgehead atoms. The fourth-order valence-corrected chi connectivity index (χ4v) is 3.78. The third-order valence-electron chi connectivity index (χ3n) is 5.32. The maximum absolute atomic E-state index is 12.6. The first-order valence-electron chi connectivity index (χ1n) is 9.52. The van der Waals surface area contributed by atoms with Gasteiger partial charge in [-0.2, -0.15) is 0 Å². The standard InChI is InChI=1S/C21H24N2O4/c24-20-19(13-15-7-10-26-11-8-15)22-21(25)23(20)9-12-27-18-6-5-16-3-1-2-4-17(16)14-18/h1-6,14-15,19H,7-13H2,(H,22,25). The molecule has 0 spiro atoms. The van der Waals surface area contributed by atoms with Crippen molar-refractivity contribution in [3.63, 3.8) is 0 Å². The van der Waals surface area contributed by atoms with E-state index < -0.39 is 6.04 Å². The molecule has 6 heteroatoms. The van der Waals surface area contributed by atoms with E-state index in [1.54, 1.807) is 0 Å². The molecule has 2 heterocycles. The van der Waals surface area contributed by atoms with Crippen LogP contribution in [0.5, 0.6) is 5.75 Å². The van der Waals surface area contributed by atoms with Crippen LogP contribution < -0.4 is 10.1 Å². The summed E-state index contributed by atoms with van der Waals surface area (Å²) in [5.41, 5.74) is 0. The van der Waals surface area contributed by atoms with Gasteiger partial charge in [0.1, 0.15) is 18.4 Å². The van der Waals surface area contributed by atoms with Crippen molar-refractivity contribution in [3.05, 3.63) is 42.5 Å². The number of urea groups is 1. The Kier molecular flexibility index (Phi) is 5.25. The van der Waals surface area contributed by atoms with E-state index in [-0.39, 0.29) is 25.1 Å². The number of amides is 3. The second-order valence-corrected chi connectivity index (χ2v) is 7.14. The van der Waals surface area contributed by atoms with E-state index in [0.29, 0.717) is 12.3 Å². The Bertz CT molecular complexity index is 832. The van der Waals surface area contributed by atoms with Crippen LogP contribution in [0.4, 0.5) is 4.79 Å². The van der Waals surface area contributed by atoms with E-state index in [1.165, 1.54) is 4.90 Å². The number of ether oxygens (including phenoxy) is 2. The molecule has 2 aliphatic heterocycles. The summed E-state index contributed by atoms with van der Waals surface area (Å²) in [6, 6.07) is 13.2. The first-order chi connectivity index (χ1) is 13.2. The lowest BCUT2D eigenvalue weighted by Gasteiger charge is -2.23. The van der Waals surface area contributed by atoms with Crippen LogP contribution >= 0.6 is 0 Å². The minimum absolute atomic E-state index is 0.145. The summed E-state index contributed by atoms with van der Waals surface area (Å²) in [5, 5.41) is 5.06. The van der Waals surface area contributed by atoms with Crippen LogP contribution in [0.1, 0.15) is 19.3 Å². The summed E-state index contributed by atoms with van der Waals surface area (Å²) in [7, 11) is 0. The molecule has 2 saturated heterocycles. The molecule has 2 aromatic rings. The van der Waals surface area contributed by atoms with Crippen molar-refractivity contribution < 1.29 is 19.1 Å². The number of hydrogen-bond donors (Lipinski definition) is 1. The summed E-state index contributed by atoms with van der Waals surface area (Å²) in [6.45, 7) is 2.01. The third-order valence-corrected chi connectivity index (χ3v) is 5.32. The van der Waals surface area contributed by atoms with Gasteiger partial charge in [-0.3, -0.25) is 9.69 Å². The van der Waals surface area contributed by atoms with Gasteiger partial charge in [0, 0.05) is 13.2 Å². The number of hydrogen-bond acceptors (Lipinski definition) is 4. The Balaban J connectivity index is 1.30. The van der Waals surface area contributed by atoms with Gasteiger partial charge in [-0.15, -0.1) is 0 Å². The lowest BCUT2D eigenvalue weighted by molar-refractivity contribution is -0.128. The number of fused-ring (bicyclic) bond motifs is 1. The predicted molar refractivity (Wildman–Crippen MR) is 102 cm³/mol. The quantitative estimate of drug-likeness (QED) is 0.796. The molecule has 142 valence electrons. The van der Waals surface area contributed by atoms with Crippen molar-refractivity contribution in [2.75, 3.05) is 26.4 Å². The summed E-state index contributed by atoms with van der Waals surface area (Å²) < 4.78 is 11.1. The van der Waals surface area contributed by atoms with Gasteiger partial charge in [0.15, 0.2) is 0 Å². The lowest BCUT2D eigenvalue weighted by Crippen LogP contribution is -2.35. The molecule has 6 nitrogen and oxygen atoms in total. The molecule has 2 fully saturated rings. The Morgan fingerprint density at radius 2 is 1.85 bits per heavy atom. The zero-order chi connectivity index (χ0) is 18.6. The van der Waals surface area contributed by atoms with Crippen molar-refractivity contribution in [3.8, 4) is 5.75 Å². The molecular formula is C21H24N2O4. The van der Waals surface area contributed by atoms with E-state index in [2.05, 4.69) is 5.32 Å². The van der Waals surface area contributed by atoms with Crippen molar-refractivity contribution in [2.45, 2.75) is 25.3 Å². The van der Waals surface area contributed by atoms with Crippen LogP contribution in [-0.4, -0.2) is 49.2 Å². The summed E-state index contributed by atoms with van der Waals surface area (Å²) >= 11 is 0. The minimum atomic E-state index is -0.415. The highest BCUT2D eigenvalue weighted by molar-refractivity contribution is 6.04. The number of nitrogens with one attached hydrogen (secondary N) is 1. The Hall–Kier alpha value is -2.60. The smallest absolute Gasteiger partial charge is 0.324 e. The number of nitrogens with zero attached hydrogens (tertiary/aromatic N) is 1. The fraction of sp³-hybridized carbons (Fsp3) is 0.429. The van der Waals surface area contributed by atoms with E-state index in [4.69, 9.17) is 9.47 Å². The molecule has 1 N–H and O–H groups in total. The molecule has 2 aliphatic rings.